The quantitative estimate of drug-likeness (QED) is 0.925. The van der Waals surface area contributed by atoms with Crippen LogP contribution in [0.25, 0.3) is 0 Å². The molecule has 0 aliphatic carbocycles. The van der Waals surface area contributed by atoms with Crippen LogP contribution < -0.4 is 10.2 Å². The summed E-state index contributed by atoms with van der Waals surface area (Å²) in [5, 5.41) is 11.6. The summed E-state index contributed by atoms with van der Waals surface area (Å²) in [6.07, 6.45) is 3.63. The predicted octanol–water partition coefficient (Wildman–Crippen LogP) is 2.61. The van der Waals surface area contributed by atoms with Crippen LogP contribution in [0.3, 0.4) is 0 Å². The van der Waals surface area contributed by atoms with E-state index in [0.29, 0.717) is 10.3 Å². The second-order valence-corrected chi connectivity index (χ2v) is 5.41. The monoisotopic (exact) mass is 288 g/mol. The largest absolute Gasteiger partial charge is 0.369 e. The Labute approximate surface area is 118 Å². The lowest BCUT2D eigenvalue weighted by atomic mass is 9.93. The number of hydrogen-bond donors (Lipinski definition) is 1. The van der Waals surface area contributed by atoms with Gasteiger partial charge in [0.1, 0.15) is 0 Å². The molecule has 1 aromatic heterocycles. The molecular formula is C12H18Cl2N4. The molecule has 1 aromatic rings. The van der Waals surface area contributed by atoms with Crippen LogP contribution in [0, 0.1) is 5.92 Å². The molecule has 0 bridgehead atoms. The van der Waals surface area contributed by atoms with Gasteiger partial charge in [-0.15, -0.1) is 10.2 Å². The lowest BCUT2D eigenvalue weighted by molar-refractivity contribution is 0.378. The summed E-state index contributed by atoms with van der Waals surface area (Å²) in [6.45, 7) is 3.11. The Morgan fingerprint density at radius 1 is 1.33 bits per heavy atom. The van der Waals surface area contributed by atoms with Crippen molar-refractivity contribution in [2.24, 2.45) is 5.92 Å². The minimum absolute atomic E-state index is 0.395. The van der Waals surface area contributed by atoms with Crippen LogP contribution in [-0.2, 0) is 0 Å². The fourth-order valence-corrected chi connectivity index (χ4v) is 2.73. The first-order valence-corrected chi connectivity index (χ1v) is 7.04. The fraction of sp³-hybridized carbons (Fsp3) is 0.667. The minimum atomic E-state index is 0.395. The lowest BCUT2D eigenvalue weighted by Crippen LogP contribution is -2.34. The molecule has 6 heteroatoms. The number of nitrogens with one attached hydrogen (secondary N) is 1. The Balaban J connectivity index is 1.94. The first-order chi connectivity index (χ1) is 8.70. The molecule has 2 heterocycles. The van der Waals surface area contributed by atoms with E-state index in [0.717, 1.165) is 31.2 Å². The molecule has 0 unspecified atom stereocenters. The van der Waals surface area contributed by atoms with E-state index in [4.69, 9.17) is 23.2 Å². The summed E-state index contributed by atoms with van der Waals surface area (Å²) < 4.78 is 0. The van der Waals surface area contributed by atoms with Gasteiger partial charge in [-0.3, -0.25) is 0 Å². The van der Waals surface area contributed by atoms with Gasteiger partial charge in [-0.05, 0) is 38.8 Å². The topological polar surface area (TPSA) is 41.0 Å². The summed E-state index contributed by atoms with van der Waals surface area (Å²) >= 11 is 11.9. The van der Waals surface area contributed by atoms with Gasteiger partial charge in [0.05, 0.1) is 5.69 Å². The molecule has 4 nitrogen and oxygen atoms in total. The van der Waals surface area contributed by atoms with Crippen molar-refractivity contribution in [3.8, 4) is 0 Å². The van der Waals surface area contributed by atoms with Gasteiger partial charge in [-0.2, -0.15) is 0 Å². The maximum Gasteiger partial charge on any atom is 0.175 e. The van der Waals surface area contributed by atoms with Crippen LogP contribution in [0.2, 0.25) is 10.3 Å². The SMILES string of the molecule is CNCCC1CCN(c2cc(Cl)nnc2Cl)CC1. The number of anilines is 1. The number of nitrogens with zero attached hydrogens (tertiary/aromatic N) is 3. The number of hydrogen-bond acceptors (Lipinski definition) is 4. The molecule has 0 spiro atoms. The lowest BCUT2D eigenvalue weighted by Gasteiger charge is -2.33. The Kier molecular flexibility index (Phi) is 5.03. The van der Waals surface area contributed by atoms with Crippen molar-refractivity contribution in [1.29, 1.82) is 0 Å². The molecule has 0 saturated carbocycles. The summed E-state index contributed by atoms with van der Waals surface area (Å²) in [5.74, 6) is 0.803. The molecule has 18 heavy (non-hydrogen) atoms. The van der Waals surface area contributed by atoms with Gasteiger partial charge in [0.15, 0.2) is 10.3 Å². The highest BCUT2D eigenvalue weighted by molar-refractivity contribution is 6.33. The highest BCUT2D eigenvalue weighted by atomic mass is 35.5. The number of aromatic nitrogens is 2. The normalized spacial score (nSPS) is 17.2. The average Bonchev–Trinajstić information content (AvgIpc) is 2.40. The van der Waals surface area contributed by atoms with E-state index in [1.54, 1.807) is 6.07 Å². The Morgan fingerprint density at radius 3 is 2.72 bits per heavy atom. The molecule has 0 atom stereocenters. The summed E-state index contributed by atoms with van der Waals surface area (Å²) in [5.41, 5.74) is 0.906. The molecule has 1 aliphatic rings. The van der Waals surface area contributed by atoms with E-state index in [-0.39, 0.29) is 0 Å². The van der Waals surface area contributed by atoms with Crippen molar-refractivity contribution in [3.05, 3.63) is 16.4 Å². The van der Waals surface area contributed by atoms with Gasteiger partial charge in [0, 0.05) is 19.2 Å². The van der Waals surface area contributed by atoms with Crippen molar-refractivity contribution in [2.45, 2.75) is 19.3 Å². The number of piperidine rings is 1. The van der Waals surface area contributed by atoms with Gasteiger partial charge in [-0.1, -0.05) is 23.2 Å². The first kappa shape index (κ1) is 13.8. The van der Waals surface area contributed by atoms with Crippen LogP contribution >= 0.6 is 23.2 Å². The van der Waals surface area contributed by atoms with E-state index in [1.807, 2.05) is 7.05 Å². The van der Waals surface area contributed by atoms with Crippen LogP contribution in [0.1, 0.15) is 19.3 Å². The Bertz CT molecular complexity index is 392. The molecule has 1 N–H and O–H groups in total. The molecule has 1 fully saturated rings. The molecule has 1 saturated heterocycles. The smallest absolute Gasteiger partial charge is 0.175 e. The molecule has 1 aliphatic heterocycles. The van der Waals surface area contributed by atoms with Gasteiger partial charge in [-0.25, -0.2) is 0 Å². The standard InChI is InChI=1S/C12H18Cl2N4/c1-15-5-2-9-3-6-18(7-4-9)10-8-11(13)16-17-12(10)14/h8-9,15H,2-7H2,1H3. The van der Waals surface area contributed by atoms with E-state index >= 15 is 0 Å². The van der Waals surface area contributed by atoms with Gasteiger partial charge in [0.25, 0.3) is 0 Å². The highest BCUT2D eigenvalue weighted by Crippen LogP contribution is 2.30. The van der Waals surface area contributed by atoms with Crippen LogP contribution in [0.15, 0.2) is 6.07 Å². The second kappa shape index (κ2) is 6.55. The Morgan fingerprint density at radius 2 is 2.06 bits per heavy atom. The first-order valence-electron chi connectivity index (χ1n) is 6.29. The van der Waals surface area contributed by atoms with Crippen LogP contribution in [0.4, 0.5) is 5.69 Å². The van der Waals surface area contributed by atoms with Crippen LogP contribution in [-0.4, -0.2) is 36.9 Å². The van der Waals surface area contributed by atoms with Crippen molar-refractivity contribution < 1.29 is 0 Å². The molecule has 0 radical (unpaired) electrons. The number of rotatable bonds is 4. The van der Waals surface area contributed by atoms with Gasteiger partial charge in [0.2, 0.25) is 0 Å². The van der Waals surface area contributed by atoms with Crippen LogP contribution in [0.5, 0.6) is 0 Å². The summed E-state index contributed by atoms with van der Waals surface area (Å²) in [6, 6.07) is 1.80. The van der Waals surface area contributed by atoms with E-state index in [9.17, 15) is 0 Å². The number of halogens is 2. The minimum Gasteiger partial charge on any atom is -0.369 e. The van der Waals surface area contributed by atoms with Crippen molar-refractivity contribution >= 4 is 28.9 Å². The molecule has 100 valence electrons. The second-order valence-electron chi connectivity index (χ2n) is 4.67. The highest BCUT2D eigenvalue weighted by Gasteiger charge is 2.21. The zero-order valence-electron chi connectivity index (χ0n) is 10.5. The van der Waals surface area contributed by atoms with Gasteiger partial charge >= 0.3 is 0 Å². The fourth-order valence-electron chi connectivity index (χ4n) is 2.38. The zero-order valence-corrected chi connectivity index (χ0v) is 12.0. The van der Waals surface area contributed by atoms with Crippen molar-refractivity contribution in [2.75, 3.05) is 31.6 Å². The summed E-state index contributed by atoms with van der Waals surface area (Å²) in [4.78, 5) is 2.25. The molecule has 0 aromatic carbocycles. The van der Waals surface area contributed by atoms with Gasteiger partial charge < -0.3 is 10.2 Å². The van der Waals surface area contributed by atoms with E-state index in [2.05, 4.69) is 20.4 Å². The van der Waals surface area contributed by atoms with E-state index in [1.165, 1.54) is 19.3 Å². The third kappa shape index (κ3) is 3.46. The Hall–Kier alpha value is -0.580. The third-order valence-corrected chi connectivity index (χ3v) is 3.91. The molecular weight excluding hydrogens is 271 g/mol. The predicted molar refractivity (Wildman–Crippen MR) is 75.5 cm³/mol. The van der Waals surface area contributed by atoms with E-state index < -0.39 is 0 Å². The third-order valence-electron chi connectivity index (χ3n) is 3.46. The van der Waals surface area contributed by atoms with Crippen molar-refractivity contribution in [3.63, 3.8) is 0 Å². The zero-order chi connectivity index (χ0) is 13.0. The maximum absolute atomic E-state index is 6.07. The summed E-state index contributed by atoms with van der Waals surface area (Å²) in [7, 11) is 2.00. The van der Waals surface area contributed by atoms with Crippen molar-refractivity contribution in [1.82, 2.24) is 15.5 Å². The maximum atomic E-state index is 6.07. The molecule has 2 rings (SSSR count). The average molecular weight is 289 g/mol. The molecule has 0 amide bonds.